The largest absolute Gasteiger partial charge is 0.494 e. The van der Waals surface area contributed by atoms with Gasteiger partial charge in [0.2, 0.25) is 0 Å². The molecule has 0 aromatic heterocycles. The maximum absolute atomic E-state index is 13.2. The molecule has 78 valence electrons. The molecule has 1 rings (SSSR count). The average molecular weight is 201 g/mol. The molecule has 0 aliphatic carbocycles. The minimum absolute atomic E-state index is 0.0436. The molecular formula is C10H13F2NO. The van der Waals surface area contributed by atoms with Gasteiger partial charge in [0.1, 0.15) is 5.82 Å². The van der Waals surface area contributed by atoms with Crippen molar-refractivity contribution in [3.63, 3.8) is 0 Å². The fourth-order valence-corrected chi connectivity index (χ4v) is 1.23. The SMILES string of the molecule is COc1cc(CC(C)N)c(F)cc1F. The summed E-state index contributed by atoms with van der Waals surface area (Å²) in [6.07, 6.45) is 0.364. The number of ether oxygens (including phenoxy) is 1. The van der Waals surface area contributed by atoms with Gasteiger partial charge in [0, 0.05) is 12.1 Å². The Kier molecular flexibility index (Phi) is 3.41. The number of methoxy groups -OCH3 is 1. The van der Waals surface area contributed by atoms with Crippen LogP contribution in [0.15, 0.2) is 12.1 Å². The highest BCUT2D eigenvalue weighted by Crippen LogP contribution is 2.21. The third kappa shape index (κ3) is 2.42. The van der Waals surface area contributed by atoms with Crippen molar-refractivity contribution in [3.8, 4) is 5.75 Å². The molecule has 0 amide bonds. The van der Waals surface area contributed by atoms with Crippen LogP contribution in [0, 0.1) is 11.6 Å². The van der Waals surface area contributed by atoms with Crippen LogP contribution in [-0.2, 0) is 6.42 Å². The number of hydrogen-bond acceptors (Lipinski definition) is 2. The minimum Gasteiger partial charge on any atom is -0.494 e. The summed E-state index contributed by atoms with van der Waals surface area (Å²) < 4.78 is 30.9. The second kappa shape index (κ2) is 4.37. The summed E-state index contributed by atoms with van der Waals surface area (Å²) >= 11 is 0. The second-order valence-electron chi connectivity index (χ2n) is 3.26. The lowest BCUT2D eigenvalue weighted by atomic mass is 10.1. The van der Waals surface area contributed by atoms with Gasteiger partial charge in [-0.15, -0.1) is 0 Å². The van der Waals surface area contributed by atoms with Crippen molar-refractivity contribution in [2.24, 2.45) is 5.73 Å². The fraction of sp³-hybridized carbons (Fsp3) is 0.400. The molecule has 2 nitrogen and oxygen atoms in total. The molecule has 0 saturated heterocycles. The molecule has 2 N–H and O–H groups in total. The van der Waals surface area contributed by atoms with Gasteiger partial charge in [0.05, 0.1) is 7.11 Å². The maximum Gasteiger partial charge on any atom is 0.167 e. The topological polar surface area (TPSA) is 35.2 Å². The van der Waals surface area contributed by atoms with Gasteiger partial charge in [-0.25, -0.2) is 8.78 Å². The molecule has 0 fully saturated rings. The van der Waals surface area contributed by atoms with E-state index >= 15 is 0 Å². The van der Waals surface area contributed by atoms with E-state index in [-0.39, 0.29) is 11.8 Å². The van der Waals surface area contributed by atoms with Gasteiger partial charge in [-0.3, -0.25) is 0 Å². The van der Waals surface area contributed by atoms with Crippen LogP contribution in [0.25, 0.3) is 0 Å². The fourth-order valence-electron chi connectivity index (χ4n) is 1.23. The highest BCUT2D eigenvalue weighted by molar-refractivity contribution is 5.32. The highest BCUT2D eigenvalue weighted by Gasteiger charge is 2.11. The molecule has 0 aliphatic heterocycles. The molecule has 0 bridgehead atoms. The molecule has 1 aromatic carbocycles. The third-order valence-corrected chi connectivity index (χ3v) is 1.86. The van der Waals surface area contributed by atoms with Crippen LogP contribution in [0.5, 0.6) is 5.75 Å². The Bertz CT molecular complexity index is 326. The van der Waals surface area contributed by atoms with Crippen LogP contribution in [0.3, 0.4) is 0 Å². The van der Waals surface area contributed by atoms with E-state index in [1.165, 1.54) is 13.2 Å². The number of rotatable bonds is 3. The van der Waals surface area contributed by atoms with Crippen molar-refractivity contribution in [3.05, 3.63) is 29.3 Å². The maximum atomic E-state index is 13.2. The molecular weight excluding hydrogens is 188 g/mol. The zero-order valence-corrected chi connectivity index (χ0v) is 8.18. The monoisotopic (exact) mass is 201 g/mol. The van der Waals surface area contributed by atoms with E-state index in [0.29, 0.717) is 12.0 Å². The minimum atomic E-state index is -0.696. The Labute approximate surface area is 81.7 Å². The summed E-state index contributed by atoms with van der Waals surface area (Å²) in [5, 5.41) is 0. The lowest BCUT2D eigenvalue weighted by Crippen LogP contribution is -2.18. The van der Waals surface area contributed by atoms with Crippen molar-refractivity contribution in [1.29, 1.82) is 0 Å². The van der Waals surface area contributed by atoms with Crippen molar-refractivity contribution < 1.29 is 13.5 Å². The zero-order chi connectivity index (χ0) is 10.7. The molecule has 0 radical (unpaired) electrons. The number of halogens is 2. The Morgan fingerprint density at radius 1 is 1.36 bits per heavy atom. The van der Waals surface area contributed by atoms with Crippen molar-refractivity contribution in [2.75, 3.05) is 7.11 Å². The third-order valence-electron chi connectivity index (χ3n) is 1.86. The van der Waals surface area contributed by atoms with Gasteiger partial charge in [-0.1, -0.05) is 0 Å². The predicted molar refractivity (Wildman–Crippen MR) is 50.3 cm³/mol. The molecule has 14 heavy (non-hydrogen) atoms. The van der Waals surface area contributed by atoms with E-state index in [2.05, 4.69) is 0 Å². The van der Waals surface area contributed by atoms with Gasteiger partial charge < -0.3 is 10.5 Å². The molecule has 1 atom stereocenters. The van der Waals surface area contributed by atoms with E-state index in [4.69, 9.17) is 10.5 Å². The molecule has 0 heterocycles. The first-order chi connectivity index (χ1) is 6.54. The molecule has 1 aromatic rings. The number of hydrogen-bond donors (Lipinski definition) is 1. The van der Waals surface area contributed by atoms with Crippen LogP contribution in [0.4, 0.5) is 8.78 Å². The molecule has 4 heteroatoms. The first-order valence-electron chi connectivity index (χ1n) is 4.32. The quantitative estimate of drug-likeness (QED) is 0.810. The first-order valence-corrected chi connectivity index (χ1v) is 4.32. The average Bonchev–Trinajstić information content (AvgIpc) is 2.09. The van der Waals surface area contributed by atoms with Gasteiger partial charge in [0.25, 0.3) is 0 Å². The van der Waals surface area contributed by atoms with Crippen LogP contribution in [-0.4, -0.2) is 13.2 Å². The Morgan fingerprint density at radius 2 is 2.00 bits per heavy atom. The summed E-state index contributed by atoms with van der Waals surface area (Å²) in [7, 11) is 1.34. The normalized spacial score (nSPS) is 12.6. The van der Waals surface area contributed by atoms with Crippen LogP contribution in [0.1, 0.15) is 12.5 Å². The van der Waals surface area contributed by atoms with Crippen LogP contribution in [0.2, 0.25) is 0 Å². The second-order valence-corrected chi connectivity index (χ2v) is 3.26. The smallest absolute Gasteiger partial charge is 0.167 e. The van der Waals surface area contributed by atoms with E-state index in [1.54, 1.807) is 6.92 Å². The summed E-state index contributed by atoms with van der Waals surface area (Å²) in [4.78, 5) is 0. The van der Waals surface area contributed by atoms with Crippen LogP contribution >= 0.6 is 0 Å². The summed E-state index contributed by atoms with van der Waals surface area (Å²) in [5.41, 5.74) is 5.90. The van der Waals surface area contributed by atoms with E-state index in [1.807, 2.05) is 0 Å². The highest BCUT2D eigenvalue weighted by atomic mass is 19.1. The lowest BCUT2D eigenvalue weighted by molar-refractivity contribution is 0.382. The van der Waals surface area contributed by atoms with Crippen molar-refractivity contribution >= 4 is 0 Å². The van der Waals surface area contributed by atoms with Crippen molar-refractivity contribution in [2.45, 2.75) is 19.4 Å². The van der Waals surface area contributed by atoms with Gasteiger partial charge in [0.15, 0.2) is 11.6 Å². The number of benzene rings is 1. The summed E-state index contributed by atoms with van der Waals surface area (Å²) in [6, 6.07) is 1.99. The molecule has 0 spiro atoms. The van der Waals surface area contributed by atoms with Crippen LogP contribution < -0.4 is 10.5 Å². The molecule has 0 aliphatic rings. The van der Waals surface area contributed by atoms with Gasteiger partial charge >= 0.3 is 0 Å². The number of nitrogens with two attached hydrogens (primary N) is 1. The molecule has 1 unspecified atom stereocenters. The zero-order valence-electron chi connectivity index (χ0n) is 8.18. The summed E-state index contributed by atoms with van der Waals surface area (Å²) in [5.74, 6) is -1.24. The Morgan fingerprint density at radius 3 is 2.50 bits per heavy atom. The first kappa shape index (κ1) is 10.9. The van der Waals surface area contributed by atoms with E-state index in [0.717, 1.165) is 6.07 Å². The Balaban J connectivity index is 3.04. The van der Waals surface area contributed by atoms with Crippen molar-refractivity contribution in [1.82, 2.24) is 0 Å². The lowest BCUT2D eigenvalue weighted by Gasteiger charge is -2.09. The predicted octanol–water partition coefficient (Wildman–Crippen LogP) is 1.86. The van der Waals surface area contributed by atoms with E-state index < -0.39 is 11.6 Å². The van der Waals surface area contributed by atoms with E-state index in [9.17, 15) is 8.78 Å². The molecule has 0 saturated carbocycles. The van der Waals surface area contributed by atoms with Gasteiger partial charge in [-0.05, 0) is 25.0 Å². The Hall–Kier alpha value is -1.16. The van der Waals surface area contributed by atoms with Gasteiger partial charge in [-0.2, -0.15) is 0 Å². The summed E-state index contributed by atoms with van der Waals surface area (Å²) in [6.45, 7) is 1.76. The standard InChI is InChI=1S/C10H13F2NO/c1-6(13)3-7-4-10(14-2)9(12)5-8(7)11/h4-6H,3,13H2,1-2H3.